The molecule has 176 valence electrons. The third-order valence-electron chi connectivity index (χ3n) is 5.86. The van der Waals surface area contributed by atoms with E-state index in [2.05, 4.69) is 4.74 Å². The SMILES string of the molecule is CCN1C(=O)CC(C)(C)c2cc(C)c(-c3cc(/C(C)=C/C(=O)O)ccc3OC(F)(F)F)cc21. The van der Waals surface area contributed by atoms with Crippen molar-refractivity contribution in [2.45, 2.75) is 52.8 Å². The Morgan fingerprint density at radius 1 is 1.21 bits per heavy atom. The molecule has 2 aromatic rings. The Labute approximate surface area is 190 Å². The number of ether oxygens (including phenoxy) is 1. The average Bonchev–Trinajstić information content (AvgIpc) is 2.66. The van der Waals surface area contributed by atoms with E-state index in [4.69, 9.17) is 5.11 Å². The number of halogens is 3. The Morgan fingerprint density at radius 3 is 2.45 bits per heavy atom. The van der Waals surface area contributed by atoms with Gasteiger partial charge in [-0.2, -0.15) is 0 Å². The van der Waals surface area contributed by atoms with E-state index in [1.807, 2.05) is 26.8 Å². The molecule has 33 heavy (non-hydrogen) atoms. The number of carbonyl (C=O) groups excluding carboxylic acids is 1. The number of hydrogen-bond donors (Lipinski definition) is 1. The number of aryl methyl sites for hydroxylation is 1. The van der Waals surface area contributed by atoms with E-state index in [9.17, 15) is 22.8 Å². The molecule has 0 radical (unpaired) electrons. The average molecular weight is 461 g/mol. The molecule has 0 aliphatic carbocycles. The van der Waals surface area contributed by atoms with Gasteiger partial charge in [-0.05, 0) is 66.8 Å². The number of amides is 1. The van der Waals surface area contributed by atoms with Crippen molar-refractivity contribution in [3.8, 4) is 16.9 Å². The molecule has 5 nitrogen and oxygen atoms in total. The van der Waals surface area contributed by atoms with Crippen LogP contribution in [0.15, 0.2) is 36.4 Å². The van der Waals surface area contributed by atoms with Crippen LogP contribution in [0.25, 0.3) is 16.7 Å². The second-order valence-corrected chi connectivity index (χ2v) is 8.81. The van der Waals surface area contributed by atoms with Gasteiger partial charge in [0.1, 0.15) is 5.75 Å². The predicted molar refractivity (Wildman–Crippen MR) is 120 cm³/mol. The second-order valence-electron chi connectivity index (χ2n) is 8.81. The maximum absolute atomic E-state index is 13.1. The van der Waals surface area contributed by atoms with E-state index in [0.717, 1.165) is 17.2 Å². The highest BCUT2D eigenvalue weighted by Crippen LogP contribution is 2.45. The number of allylic oxidation sites excluding steroid dienone is 1. The third kappa shape index (κ3) is 5.05. The third-order valence-corrected chi connectivity index (χ3v) is 5.86. The van der Waals surface area contributed by atoms with Crippen LogP contribution < -0.4 is 9.64 Å². The summed E-state index contributed by atoms with van der Waals surface area (Å²) in [6.07, 6.45) is -3.58. The molecule has 0 saturated carbocycles. The number of nitrogens with zero attached hydrogens (tertiary/aromatic N) is 1. The zero-order chi connectivity index (χ0) is 24.7. The molecule has 0 aromatic heterocycles. The first-order valence-electron chi connectivity index (χ1n) is 10.5. The number of carboxylic acid groups (broad SMARTS) is 1. The van der Waals surface area contributed by atoms with Gasteiger partial charge < -0.3 is 14.7 Å². The molecule has 0 saturated heterocycles. The summed E-state index contributed by atoms with van der Waals surface area (Å²) in [7, 11) is 0. The first-order valence-corrected chi connectivity index (χ1v) is 10.5. The van der Waals surface area contributed by atoms with E-state index in [1.54, 1.807) is 24.8 Å². The first kappa shape index (κ1) is 24.4. The predicted octanol–water partition coefficient (Wildman–Crippen LogP) is 6.08. The Hall–Kier alpha value is -3.29. The van der Waals surface area contributed by atoms with Gasteiger partial charge in [0.05, 0.1) is 0 Å². The molecule has 2 aromatic carbocycles. The summed E-state index contributed by atoms with van der Waals surface area (Å²) in [6, 6.07) is 7.69. The van der Waals surface area contributed by atoms with Crippen LogP contribution in [0.2, 0.25) is 0 Å². The number of aliphatic carboxylic acids is 1. The van der Waals surface area contributed by atoms with Gasteiger partial charge in [0.2, 0.25) is 5.91 Å². The molecule has 1 aliphatic rings. The molecule has 0 spiro atoms. The first-order chi connectivity index (χ1) is 15.2. The molecular weight excluding hydrogens is 435 g/mol. The van der Waals surface area contributed by atoms with Gasteiger partial charge >= 0.3 is 12.3 Å². The van der Waals surface area contributed by atoms with E-state index in [-0.39, 0.29) is 11.5 Å². The summed E-state index contributed by atoms with van der Waals surface area (Å²) in [4.78, 5) is 25.4. The molecule has 0 fully saturated rings. The van der Waals surface area contributed by atoms with Crippen LogP contribution in [-0.4, -0.2) is 29.9 Å². The van der Waals surface area contributed by atoms with E-state index >= 15 is 0 Å². The molecule has 0 atom stereocenters. The second kappa shape index (κ2) is 8.57. The summed E-state index contributed by atoms with van der Waals surface area (Å²) in [5.41, 5.74) is 3.36. The molecule has 1 N–H and O–H groups in total. The Bertz CT molecular complexity index is 1150. The van der Waals surface area contributed by atoms with Gasteiger partial charge in [0.25, 0.3) is 0 Å². The van der Waals surface area contributed by atoms with Gasteiger partial charge in [0, 0.05) is 35.7 Å². The van der Waals surface area contributed by atoms with Crippen LogP contribution in [0.3, 0.4) is 0 Å². The van der Waals surface area contributed by atoms with Crippen molar-refractivity contribution < 1.29 is 32.6 Å². The summed E-state index contributed by atoms with van der Waals surface area (Å²) in [6.45, 7) is 9.57. The molecule has 1 amide bonds. The number of fused-ring (bicyclic) bond motifs is 1. The van der Waals surface area contributed by atoms with Crippen LogP contribution in [0.5, 0.6) is 5.75 Å². The normalized spacial score (nSPS) is 15.9. The van der Waals surface area contributed by atoms with Crippen molar-refractivity contribution in [2.24, 2.45) is 0 Å². The molecule has 1 heterocycles. The van der Waals surface area contributed by atoms with Crippen LogP contribution in [0, 0.1) is 6.92 Å². The molecule has 0 unspecified atom stereocenters. The highest BCUT2D eigenvalue weighted by molar-refractivity contribution is 5.99. The van der Waals surface area contributed by atoms with Gasteiger partial charge in [-0.25, -0.2) is 4.79 Å². The van der Waals surface area contributed by atoms with Crippen LogP contribution in [0.4, 0.5) is 18.9 Å². The lowest BCUT2D eigenvalue weighted by atomic mass is 9.75. The van der Waals surface area contributed by atoms with Crippen LogP contribution in [-0.2, 0) is 15.0 Å². The fourth-order valence-electron chi connectivity index (χ4n) is 4.27. The Kier molecular flexibility index (Phi) is 6.33. The fourth-order valence-corrected chi connectivity index (χ4v) is 4.27. The number of hydrogen-bond acceptors (Lipinski definition) is 3. The minimum absolute atomic E-state index is 0.0504. The minimum Gasteiger partial charge on any atom is -0.478 e. The lowest BCUT2D eigenvalue weighted by molar-refractivity contribution is -0.274. The van der Waals surface area contributed by atoms with Crippen molar-refractivity contribution in [2.75, 3.05) is 11.4 Å². The lowest BCUT2D eigenvalue weighted by Gasteiger charge is -2.39. The van der Waals surface area contributed by atoms with Gasteiger partial charge in [0.15, 0.2) is 0 Å². The molecule has 0 bridgehead atoms. The van der Waals surface area contributed by atoms with Gasteiger partial charge in [-0.15, -0.1) is 13.2 Å². The zero-order valence-corrected chi connectivity index (χ0v) is 19.1. The van der Waals surface area contributed by atoms with Crippen molar-refractivity contribution in [1.29, 1.82) is 0 Å². The van der Waals surface area contributed by atoms with Crippen molar-refractivity contribution >= 4 is 23.1 Å². The number of benzene rings is 2. The summed E-state index contributed by atoms with van der Waals surface area (Å²) in [5.74, 6) is -1.61. The largest absolute Gasteiger partial charge is 0.573 e. The Morgan fingerprint density at radius 2 is 1.88 bits per heavy atom. The summed E-state index contributed by atoms with van der Waals surface area (Å²) >= 11 is 0. The fraction of sp³-hybridized carbons (Fsp3) is 0.360. The number of alkyl halides is 3. The van der Waals surface area contributed by atoms with Crippen LogP contribution >= 0.6 is 0 Å². The maximum Gasteiger partial charge on any atom is 0.573 e. The summed E-state index contributed by atoms with van der Waals surface area (Å²) < 4.78 is 43.7. The molecule has 1 aliphatic heterocycles. The minimum atomic E-state index is -4.91. The zero-order valence-electron chi connectivity index (χ0n) is 19.1. The van der Waals surface area contributed by atoms with Gasteiger partial charge in [-0.3, -0.25) is 4.79 Å². The van der Waals surface area contributed by atoms with Crippen molar-refractivity contribution in [3.63, 3.8) is 0 Å². The topological polar surface area (TPSA) is 66.8 Å². The highest BCUT2D eigenvalue weighted by atomic mass is 19.4. The van der Waals surface area contributed by atoms with Crippen molar-refractivity contribution in [1.82, 2.24) is 0 Å². The number of anilines is 1. The highest BCUT2D eigenvalue weighted by Gasteiger charge is 2.37. The quantitative estimate of drug-likeness (QED) is 0.548. The van der Waals surface area contributed by atoms with Crippen molar-refractivity contribution in [3.05, 3.63) is 53.1 Å². The Balaban J connectivity index is 2.29. The smallest absolute Gasteiger partial charge is 0.478 e. The van der Waals surface area contributed by atoms with Gasteiger partial charge in [-0.1, -0.05) is 26.0 Å². The van der Waals surface area contributed by atoms with Crippen LogP contribution in [0.1, 0.15) is 50.8 Å². The number of rotatable bonds is 5. The number of carboxylic acids is 1. The molecular formula is C25H26F3NO4. The van der Waals surface area contributed by atoms with E-state index < -0.39 is 23.5 Å². The summed E-state index contributed by atoms with van der Waals surface area (Å²) in [5, 5.41) is 9.06. The monoisotopic (exact) mass is 461 g/mol. The molecule has 8 heteroatoms. The lowest BCUT2D eigenvalue weighted by Crippen LogP contribution is -2.41. The number of carbonyl (C=O) groups is 2. The standard InChI is InChI=1S/C25H26F3NO4/c1-6-29-20-12-17(15(3)9-19(20)24(4,5)13-22(29)30)18-11-16(14(2)10-23(31)32)7-8-21(18)33-25(26,27)28/h7-12H,6,13H2,1-5H3,(H,31,32)/b14-10+. The van der Waals surface area contributed by atoms with E-state index in [0.29, 0.717) is 35.4 Å². The maximum atomic E-state index is 13.1. The molecule has 3 rings (SSSR count). The van der Waals surface area contributed by atoms with E-state index in [1.165, 1.54) is 18.2 Å².